The van der Waals surface area contributed by atoms with Crippen LogP contribution in [-0.4, -0.2) is 41.7 Å². The van der Waals surface area contributed by atoms with E-state index >= 15 is 0 Å². The first-order chi connectivity index (χ1) is 12.3. The van der Waals surface area contributed by atoms with E-state index in [9.17, 15) is 9.90 Å². The fourth-order valence-corrected chi connectivity index (χ4v) is 5.85. The molecule has 0 spiro atoms. The van der Waals surface area contributed by atoms with Gasteiger partial charge in [-0.25, -0.2) is 0 Å². The zero-order valence-corrected chi connectivity index (χ0v) is 16.5. The highest BCUT2D eigenvalue weighted by atomic mass is 33.1. The molecule has 4 nitrogen and oxygen atoms in total. The van der Waals surface area contributed by atoms with Gasteiger partial charge in [0.15, 0.2) is 0 Å². The highest BCUT2D eigenvalue weighted by molar-refractivity contribution is 8.77. The van der Waals surface area contributed by atoms with Crippen LogP contribution in [0.5, 0.6) is 5.75 Å². The van der Waals surface area contributed by atoms with Gasteiger partial charge in [-0.1, -0.05) is 46.6 Å². The lowest BCUT2D eigenvalue weighted by Crippen LogP contribution is -2.25. The number of carbonyl (C=O) groups is 1. The van der Waals surface area contributed by atoms with Crippen molar-refractivity contribution in [3.63, 3.8) is 0 Å². The number of nitrogens with one attached hydrogen (secondary N) is 2. The molecular weight excluding hydrogens is 352 g/mol. The fourth-order valence-electron chi connectivity index (χ4n) is 2.83. The number of rotatable bonds is 12. The molecule has 25 heavy (non-hydrogen) atoms. The standard InChI is InChI=1S/C19H30N2O2S2/c22-18-10-4-3-9-17(18)19(23)21-14-7-6-13-20-12-5-1-2-8-16-11-15-24-25-16/h3-4,9-10,16,20,22H,1-2,5-8,11-15H2,(H,21,23). The van der Waals surface area contributed by atoms with Crippen molar-refractivity contribution < 1.29 is 9.90 Å². The molecule has 1 unspecified atom stereocenters. The smallest absolute Gasteiger partial charge is 0.255 e. The van der Waals surface area contributed by atoms with Crippen LogP contribution in [0.3, 0.4) is 0 Å². The third-order valence-electron chi connectivity index (χ3n) is 4.32. The van der Waals surface area contributed by atoms with Crippen molar-refractivity contribution in [1.82, 2.24) is 10.6 Å². The summed E-state index contributed by atoms with van der Waals surface area (Å²) in [5, 5.41) is 16.9. The molecule has 0 aliphatic carbocycles. The van der Waals surface area contributed by atoms with Crippen LogP contribution in [0.25, 0.3) is 0 Å². The molecule has 0 radical (unpaired) electrons. The molecule has 1 aliphatic rings. The minimum Gasteiger partial charge on any atom is -0.507 e. The Labute approximate surface area is 159 Å². The number of carbonyl (C=O) groups excluding carboxylic acids is 1. The van der Waals surface area contributed by atoms with E-state index in [1.54, 1.807) is 18.2 Å². The van der Waals surface area contributed by atoms with E-state index in [0.717, 1.165) is 31.2 Å². The summed E-state index contributed by atoms with van der Waals surface area (Å²) in [5.74, 6) is 1.17. The van der Waals surface area contributed by atoms with E-state index in [0.29, 0.717) is 12.1 Å². The van der Waals surface area contributed by atoms with Crippen LogP contribution in [0.1, 0.15) is 55.3 Å². The van der Waals surface area contributed by atoms with Crippen molar-refractivity contribution in [3.05, 3.63) is 29.8 Å². The lowest BCUT2D eigenvalue weighted by atomic mass is 10.1. The minimum atomic E-state index is -0.204. The Balaban J connectivity index is 1.37. The quantitative estimate of drug-likeness (QED) is 0.373. The van der Waals surface area contributed by atoms with E-state index in [4.69, 9.17) is 0 Å². The number of unbranched alkanes of at least 4 members (excludes halogenated alkanes) is 3. The molecule has 1 aromatic carbocycles. The van der Waals surface area contributed by atoms with Crippen LogP contribution in [0.15, 0.2) is 24.3 Å². The average Bonchev–Trinajstić information content (AvgIpc) is 3.13. The second-order valence-corrected chi connectivity index (χ2v) is 9.20. The number of amides is 1. The fraction of sp³-hybridized carbons (Fsp3) is 0.632. The summed E-state index contributed by atoms with van der Waals surface area (Å²) in [4.78, 5) is 11.9. The number of phenols is 1. The van der Waals surface area contributed by atoms with Gasteiger partial charge in [-0.3, -0.25) is 4.79 Å². The van der Waals surface area contributed by atoms with Gasteiger partial charge in [-0.2, -0.15) is 0 Å². The van der Waals surface area contributed by atoms with Crippen LogP contribution >= 0.6 is 21.6 Å². The monoisotopic (exact) mass is 382 g/mol. The lowest BCUT2D eigenvalue weighted by molar-refractivity contribution is 0.0950. The normalized spacial score (nSPS) is 16.9. The molecule has 1 atom stereocenters. The molecular formula is C19H30N2O2S2. The summed E-state index contributed by atoms with van der Waals surface area (Å²) < 4.78 is 0. The summed E-state index contributed by atoms with van der Waals surface area (Å²) in [6.45, 7) is 2.74. The number of para-hydroxylation sites is 1. The molecule has 0 aromatic heterocycles. The molecule has 6 heteroatoms. The predicted octanol–water partition coefficient (Wildman–Crippen LogP) is 4.21. The maximum atomic E-state index is 11.9. The summed E-state index contributed by atoms with van der Waals surface area (Å²) >= 11 is 0. The minimum absolute atomic E-state index is 0.0342. The molecule has 3 N–H and O–H groups in total. The highest BCUT2D eigenvalue weighted by Gasteiger charge is 2.15. The predicted molar refractivity (Wildman–Crippen MR) is 109 cm³/mol. The highest BCUT2D eigenvalue weighted by Crippen LogP contribution is 2.39. The molecule has 1 aromatic rings. The van der Waals surface area contributed by atoms with Gasteiger partial charge < -0.3 is 15.7 Å². The van der Waals surface area contributed by atoms with E-state index in [1.165, 1.54) is 43.9 Å². The Bertz CT molecular complexity index is 508. The van der Waals surface area contributed by atoms with E-state index in [1.807, 2.05) is 10.8 Å². The van der Waals surface area contributed by atoms with Crippen LogP contribution < -0.4 is 10.6 Å². The number of benzene rings is 1. The van der Waals surface area contributed by atoms with E-state index < -0.39 is 0 Å². The van der Waals surface area contributed by atoms with Crippen molar-refractivity contribution >= 4 is 27.5 Å². The van der Waals surface area contributed by atoms with Crippen molar-refractivity contribution in [1.29, 1.82) is 0 Å². The Hall–Kier alpha value is -0.850. The van der Waals surface area contributed by atoms with Crippen molar-refractivity contribution in [2.75, 3.05) is 25.4 Å². The van der Waals surface area contributed by atoms with E-state index in [2.05, 4.69) is 21.4 Å². The third-order valence-corrected chi connectivity index (χ3v) is 7.33. The first kappa shape index (κ1) is 20.5. The third kappa shape index (κ3) is 8.38. The molecule has 1 amide bonds. The topological polar surface area (TPSA) is 61.4 Å². The van der Waals surface area contributed by atoms with Gasteiger partial charge in [0.1, 0.15) is 5.75 Å². The first-order valence-corrected chi connectivity index (χ1v) is 11.7. The summed E-state index contributed by atoms with van der Waals surface area (Å²) in [6, 6.07) is 6.63. The molecule has 1 saturated heterocycles. The van der Waals surface area contributed by atoms with Gasteiger partial charge in [-0.05, 0) is 57.3 Å². The Morgan fingerprint density at radius 3 is 2.60 bits per heavy atom. The van der Waals surface area contributed by atoms with Gasteiger partial charge in [0.05, 0.1) is 5.56 Å². The second kappa shape index (κ2) is 12.5. The number of aromatic hydroxyl groups is 1. The molecule has 140 valence electrons. The van der Waals surface area contributed by atoms with Crippen molar-refractivity contribution in [3.8, 4) is 5.75 Å². The largest absolute Gasteiger partial charge is 0.507 e. The molecule has 1 fully saturated rings. The van der Waals surface area contributed by atoms with Crippen LogP contribution in [0, 0.1) is 0 Å². The summed E-state index contributed by atoms with van der Waals surface area (Å²) in [6.07, 6.45) is 8.72. The first-order valence-electron chi connectivity index (χ1n) is 9.32. The maximum absolute atomic E-state index is 11.9. The number of phenolic OH excluding ortho intramolecular Hbond substituents is 1. The van der Waals surface area contributed by atoms with Crippen molar-refractivity contribution in [2.45, 2.75) is 50.2 Å². The number of hydrogen-bond donors (Lipinski definition) is 3. The van der Waals surface area contributed by atoms with Crippen LogP contribution in [0.4, 0.5) is 0 Å². The SMILES string of the molecule is O=C(NCCCCNCCCCCC1CCSS1)c1ccccc1O. The Morgan fingerprint density at radius 2 is 1.84 bits per heavy atom. The van der Waals surface area contributed by atoms with Gasteiger partial charge in [-0.15, -0.1) is 0 Å². The van der Waals surface area contributed by atoms with Crippen LogP contribution in [0.2, 0.25) is 0 Å². The van der Waals surface area contributed by atoms with Gasteiger partial charge in [0.2, 0.25) is 0 Å². The average molecular weight is 383 g/mol. The number of hydrogen-bond acceptors (Lipinski definition) is 5. The Kier molecular flexibility index (Phi) is 10.2. The molecule has 2 rings (SSSR count). The molecule has 0 bridgehead atoms. The Morgan fingerprint density at radius 1 is 1.08 bits per heavy atom. The zero-order valence-electron chi connectivity index (χ0n) is 14.8. The molecule has 1 aliphatic heterocycles. The zero-order chi connectivity index (χ0) is 17.7. The maximum Gasteiger partial charge on any atom is 0.255 e. The lowest BCUT2D eigenvalue weighted by Gasteiger charge is -2.08. The molecule has 1 heterocycles. The van der Waals surface area contributed by atoms with Gasteiger partial charge in [0, 0.05) is 17.5 Å². The van der Waals surface area contributed by atoms with Crippen LogP contribution in [-0.2, 0) is 0 Å². The summed E-state index contributed by atoms with van der Waals surface area (Å²) in [5.41, 5.74) is 0.343. The van der Waals surface area contributed by atoms with Crippen molar-refractivity contribution in [2.24, 2.45) is 0 Å². The molecule has 0 saturated carbocycles. The summed E-state index contributed by atoms with van der Waals surface area (Å²) in [7, 11) is 4.11. The van der Waals surface area contributed by atoms with E-state index in [-0.39, 0.29) is 11.7 Å². The van der Waals surface area contributed by atoms with Gasteiger partial charge >= 0.3 is 0 Å². The second-order valence-electron chi connectivity index (χ2n) is 6.41. The van der Waals surface area contributed by atoms with Gasteiger partial charge in [0.25, 0.3) is 5.91 Å².